The third-order valence-electron chi connectivity index (χ3n) is 1.67. The molecule has 1 aromatic rings. The van der Waals surface area contributed by atoms with Crippen molar-refractivity contribution in [2.24, 2.45) is 0 Å². The van der Waals surface area contributed by atoms with E-state index in [9.17, 15) is 0 Å². The Labute approximate surface area is 72.8 Å². The van der Waals surface area contributed by atoms with Crippen molar-refractivity contribution < 1.29 is 9.15 Å². The van der Waals surface area contributed by atoms with E-state index in [-0.39, 0.29) is 6.10 Å². The van der Waals surface area contributed by atoms with Crippen LogP contribution >= 0.6 is 0 Å². The highest BCUT2D eigenvalue weighted by Crippen LogP contribution is 2.22. The van der Waals surface area contributed by atoms with Gasteiger partial charge in [-0.15, -0.1) is 0 Å². The predicted octanol–water partition coefficient (Wildman–Crippen LogP) is 3.28. The van der Waals surface area contributed by atoms with Gasteiger partial charge in [-0.25, -0.2) is 0 Å². The molecule has 66 valence electrons. The summed E-state index contributed by atoms with van der Waals surface area (Å²) in [6, 6.07) is 3.79. The molecule has 0 saturated heterocycles. The molecule has 2 heteroatoms. The molecule has 0 fully saturated rings. The first-order chi connectivity index (χ1) is 5.88. The van der Waals surface area contributed by atoms with Gasteiger partial charge >= 0.3 is 0 Å². The number of ether oxygens (including phenoxy) is 1. The highest BCUT2D eigenvalue weighted by Gasteiger charge is 2.12. The van der Waals surface area contributed by atoms with Gasteiger partial charge in [0.1, 0.15) is 5.76 Å². The zero-order chi connectivity index (χ0) is 8.81. The molecular weight excluding hydrogens is 152 g/mol. The van der Waals surface area contributed by atoms with Crippen molar-refractivity contribution in [2.45, 2.75) is 25.9 Å². The third-order valence-corrected chi connectivity index (χ3v) is 1.67. The molecule has 0 aromatic carbocycles. The van der Waals surface area contributed by atoms with E-state index in [1.54, 1.807) is 6.26 Å². The minimum Gasteiger partial charge on any atom is -0.491 e. The maximum absolute atomic E-state index is 5.30. The molecule has 1 aromatic heterocycles. The Kier molecular flexibility index (Phi) is 3.45. The molecule has 0 amide bonds. The summed E-state index contributed by atoms with van der Waals surface area (Å²) in [4.78, 5) is 0. The van der Waals surface area contributed by atoms with Crippen molar-refractivity contribution in [3.05, 3.63) is 37.0 Å². The van der Waals surface area contributed by atoms with E-state index in [1.165, 1.54) is 6.26 Å². The van der Waals surface area contributed by atoms with Crippen molar-refractivity contribution in [1.82, 2.24) is 0 Å². The average molecular weight is 166 g/mol. The van der Waals surface area contributed by atoms with Crippen LogP contribution in [0.25, 0.3) is 0 Å². The normalized spacial score (nSPS) is 12.4. The van der Waals surface area contributed by atoms with Gasteiger partial charge in [0.15, 0.2) is 6.10 Å². The van der Waals surface area contributed by atoms with Crippen LogP contribution in [0.1, 0.15) is 31.6 Å². The maximum Gasteiger partial charge on any atom is 0.155 e. The van der Waals surface area contributed by atoms with E-state index in [0.29, 0.717) is 0 Å². The first-order valence-corrected chi connectivity index (χ1v) is 4.18. The first kappa shape index (κ1) is 8.91. The molecule has 1 heterocycles. The van der Waals surface area contributed by atoms with Crippen LogP contribution in [0, 0.1) is 0 Å². The highest BCUT2D eigenvalue weighted by atomic mass is 16.5. The number of furan rings is 1. The Bertz CT molecular complexity index is 214. The van der Waals surface area contributed by atoms with Gasteiger partial charge in [0.25, 0.3) is 0 Å². The van der Waals surface area contributed by atoms with E-state index in [4.69, 9.17) is 9.15 Å². The van der Waals surface area contributed by atoms with Crippen LogP contribution in [0.15, 0.2) is 35.7 Å². The minimum absolute atomic E-state index is 0.0301. The third kappa shape index (κ3) is 2.16. The fourth-order valence-electron chi connectivity index (χ4n) is 1.13. The van der Waals surface area contributed by atoms with E-state index >= 15 is 0 Å². The molecular formula is C10H14O2. The van der Waals surface area contributed by atoms with Gasteiger partial charge in [-0.05, 0) is 18.6 Å². The molecule has 0 radical (unpaired) electrons. The Morgan fingerprint density at radius 1 is 1.75 bits per heavy atom. The van der Waals surface area contributed by atoms with Gasteiger partial charge in [-0.3, -0.25) is 0 Å². The lowest BCUT2D eigenvalue weighted by molar-refractivity contribution is 0.114. The fourth-order valence-corrected chi connectivity index (χ4v) is 1.13. The minimum atomic E-state index is 0.0301. The van der Waals surface area contributed by atoms with Gasteiger partial charge in [0.2, 0.25) is 0 Å². The van der Waals surface area contributed by atoms with Crippen LogP contribution in [0.2, 0.25) is 0 Å². The highest BCUT2D eigenvalue weighted by molar-refractivity contribution is 5.02. The van der Waals surface area contributed by atoms with E-state index in [1.807, 2.05) is 12.1 Å². The smallest absolute Gasteiger partial charge is 0.155 e. The Hall–Kier alpha value is -1.18. The first-order valence-electron chi connectivity index (χ1n) is 4.18. The summed E-state index contributed by atoms with van der Waals surface area (Å²) in [6.45, 7) is 5.64. The molecule has 0 bridgehead atoms. The van der Waals surface area contributed by atoms with E-state index < -0.39 is 0 Å². The lowest BCUT2D eigenvalue weighted by atomic mass is 10.1. The van der Waals surface area contributed by atoms with Gasteiger partial charge in [0, 0.05) is 0 Å². The summed E-state index contributed by atoms with van der Waals surface area (Å²) < 4.78 is 10.5. The maximum atomic E-state index is 5.30. The van der Waals surface area contributed by atoms with Crippen molar-refractivity contribution in [3.8, 4) is 0 Å². The number of hydrogen-bond acceptors (Lipinski definition) is 2. The van der Waals surface area contributed by atoms with Crippen molar-refractivity contribution in [1.29, 1.82) is 0 Å². The lowest BCUT2D eigenvalue weighted by Gasteiger charge is -2.12. The van der Waals surface area contributed by atoms with Crippen molar-refractivity contribution in [2.75, 3.05) is 0 Å². The zero-order valence-electron chi connectivity index (χ0n) is 7.32. The van der Waals surface area contributed by atoms with Crippen LogP contribution in [0.5, 0.6) is 0 Å². The summed E-state index contributed by atoms with van der Waals surface area (Å²) >= 11 is 0. The summed E-state index contributed by atoms with van der Waals surface area (Å²) in [5.74, 6) is 0.872. The van der Waals surface area contributed by atoms with Crippen LogP contribution in [0.3, 0.4) is 0 Å². The molecule has 1 rings (SSSR count). The van der Waals surface area contributed by atoms with Gasteiger partial charge in [-0.1, -0.05) is 19.9 Å². The Morgan fingerprint density at radius 3 is 3.08 bits per heavy atom. The molecule has 1 unspecified atom stereocenters. The standard InChI is InChI=1S/C10H14O2/c1-3-6-9(11-4-2)10-7-5-8-12-10/h4-5,7-9H,2-3,6H2,1H3. The van der Waals surface area contributed by atoms with Crippen LogP contribution in [0.4, 0.5) is 0 Å². The summed E-state index contributed by atoms with van der Waals surface area (Å²) in [7, 11) is 0. The molecule has 0 saturated carbocycles. The van der Waals surface area contributed by atoms with Gasteiger partial charge in [-0.2, -0.15) is 0 Å². The Morgan fingerprint density at radius 2 is 2.58 bits per heavy atom. The van der Waals surface area contributed by atoms with Crippen LogP contribution in [-0.2, 0) is 4.74 Å². The quantitative estimate of drug-likeness (QED) is 0.626. The second-order valence-corrected chi connectivity index (χ2v) is 2.60. The van der Waals surface area contributed by atoms with Gasteiger partial charge in [0.05, 0.1) is 12.5 Å². The van der Waals surface area contributed by atoms with Crippen molar-refractivity contribution >= 4 is 0 Å². The molecule has 1 atom stereocenters. The monoisotopic (exact) mass is 166 g/mol. The largest absolute Gasteiger partial charge is 0.491 e. The Balaban J connectivity index is 2.59. The molecule has 0 N–H and O–H groups in total. The second-order valence-electron chi connectivity index (χ2n) is 2.60. The molecule has 0 aliphatic carbocycles. The van der Waals surface area contributed by atoms with Crippen LogP contribution in [-0.4, -0.2) is 0 Å². The molecule has 2 nitrogen and oxygen atoms in total. The van der Waals surface area contributed by atoms with Crippen LogP contribution < -0.4 is 0 Å². The second kappa shape index (κ2) is 4.65. The average Bonchev–Trinajstić information content (AvgIpc) is 2.56. The lowest BCUT2D eigenvalue weighted by Crippen LogP contribution is -1.97. The molecule has 0 aliphatic heterocycles. The molecule has 0 spiro atoms. The molecule has 0 aliphatic rings. The summed E-state index contributed by atoms with van der Waals surface area (Å²) in [5, 5.41) is 0. The summed E-state index contributed by atoms with van der Waals surface area (Å²) in [5.41, 5.74) is 0. The molecule has 12 heavy (non-hydrogen) atoms. The number of rotatable bonds is 5. The van der Waals surface area contributed by atoms with Crippen molar-refractivity contribution in [3.63, 3.8) is 0 Å². The van der Waals surface area contributed by atoms with E-state index in [2.05, 4.69) is 13.5 Å². The topological polar surface area (TPSA) is 22.4 Å². The zero-order valence-corrected chi connectivity index (χ0v) is 7.32. The predicted molar refractivity (Wildman–Crippen MR) is 47.6 cm³/mol. The van der Waals surface area contributed by atoms with E-state index in [0.717, 1.165) is 18.6 Å². The SMILES string of the molecule is C=COC(CCC)c1ccco1. The summed E-state index contributed by atoms with van der Waals surface area (Å²) in [6.07, 6.45) is 5.17. The van der Waals surface area contributed by atoms with Gasteiger partial charge < -0.3 is 9.15 Å². The number of hydrogen-bond donors (Lipinski definition) is 0. The fraction of sp³-hybridized carbons (Fsp3) is 0.400.